The summed E-state index contributed by atoms with van der Waals surface area (Å²) in [6.45, 7) is -0.106. The van der Waals surface area contributed by atoms with Crippen LogP contribution in [-0.2, 0) is 14.9 Å². The van der Waals surface area contributed by atoms with Crippen LogP contribution in [0.25, 0.3) is 22.3 Å². The molecular weight excluding hydrogens is 478 g/mol. The van der Waals surface area contributed by atoms with Crippen molar-refractivity contribution in [2.75, 3.05) is 29.6 Å². The van der Waals surface area contributed by atoms with Gasteiger partial charge in [0.05, 0.1) is 11.5 Å². The van der Waals surface area contributed by atoms with Crippen LogP contribution in [0.2, 0.25) is 0 Å². The number of nitrogens with one attached hydrogen (secondary N) is 1. The summed E-state index contributed by atoms with van der Waals surface area (Å²) in [4.78, 5) is 12.8. The van der Waals surface area contributed by atoms with E-state index in [0.717, 1.165) is 38.7 Å². The Labute approximate surface area is 202 Å². The van der Waals surface area contributed by atoms with E-state index in [2.05, 4.69) is 5.32 Å². The summed E-state index contributed by atoms with van der Waals surface area (Å²) in [6.07, 6.45) is 0. The number of phenolic OH excluding ortho intramolecular Hbond substituents is 1. The molecule has 0 aliphatic rings. The van der Waals surface area contributed by atoms with Gasteiger partial charge in [0.15, 0.2) is 0 Å². The lowest BCUT2D eigenvalue weighted by atomic mass is 9.97. The molecule has 0 unspecified atom stereocenters. The Kier molecular flexibility index (Phi) is 9.25. The molecule has 3 aromatic carbocycles. The molecule has 0 fully saturated rings. The van der Waals surface area contributed by atoms with E-state index in [9.17, 15) is 18.3 Å². The Hall–Kier alpha value is -2.46. The number of rotatable bonds is 11. The second-order valence-electron chi connectivity index (χ2n) is 7.14. The molecule has 3 aromatic rings. The van der Waals surface area contributed by atoms with E-state index >= 15 is 0 Å². The highest BCUT2D eigenvalue weighted by atomic mass is 32.2. The molecule has 1 amide bonds. The Balaban J connectivity index is 1.63. The topological polar surface area (TPSA) is 104 Å². The summed E-state index contributed by atoms with van der Waals surface area (Å²) in [6, 6.07) is 23.5. The van der Waals surface area contributed by atoms with Gasteiger partial charge in [-0.15, -0.1) is 11.8 Å². The molecule has 6 nitrogen and oxygen atoms in total. The van der Waals surface area contributed by atoms with Gasteiger partial charge in [-0.05, 0) is 23.3 Å². The molecule has 0 aromatic heterocycles. The van der Waals surface area contributed by atoms with Crippen molar-refractivity contribution in [1.29, 1.82) is 0 Å². The van der Waals surface area contributed by atoms with Crippen molar-refractivity contribution in [3.63, 3.8) is 0 Å². The maximum absolute atomic E-state index is 11.8. The van der Waals surface area contributed by atoms with Crippen LogP contribution in [-0.4, -0.2) is 53.5 Å². The van der Waals surface area contributed by atoms with E-state index in [-0.39, 0.29) is 24.0 Å². The molecule has 174 valence electrons. The van der Waals surface area contributed by atoms with Gasteiger partial charge in [0.2, 0.25) is 5.91 Å². The Bertz CT molecular complexity index is 1110. The molecule has 0 aliphatic carbocycles. The second-order valence-corrected chi connectivity index (χ2v) is 11.0. The van der Waals surface area contributed by atoms with Crippen LogP contribution < -0.4 is 5.32 Å². The number of phenols is 1. The van der Waals surface area contributed by atoms with Gasteiger partial charge in [0.25, 0.3) is 10.1 Å². The maximum Gasteiger partial charge on any atom is 0.266 e. The number of hydrogen-bond donors (Lipinski definition) is 3. The SMILES string of the molecule is O=C(CSCCSc1cc(-c2ccccc2)c(O)c(-c2ccccc2)c1)NCCS(=O)(=O)O. The minimum absolute atomic E-state index is 0.106. The lowest BCUT2D eigenvalue weighted by molar-refractivity contribution is -0.118. The predicted molar refractivity (Wildman–Crippen MR) is 136 cm³/mol. The summed E-state index contributed by atoms with van der Waals surface area (Å²) >= 11 is 3.09. The van der Waals surface area contributed by atoms with Gasteiger partial charge in [-0.25, -0.2) is 0 Å². The van der Waals surface area contributed by atoms with Gasteiger partial charge >= 0.3 is 0 Å². The Morgan fingerprint density at radius 2 is 1.42 bits per heavy atom. The molecule has 0 heterocycles. The first-order chi connectivity index (χ1) is 15.8. The summed E-state index contributed by atoms with van der Waals surface area (Å²) in [7, 11) is -4.07. The fraction of sp³-hybridized carbons (Fsp3) is 0.208. The van der Waals surface area contributed by atoms with Gasteiger partial charge in [-0.1, -0.05) is 60.7 Å². The van der Waals surface area contributed by atoms with Gasteiger partial charge in [-0.3, -0.25) is 9.35 Å². The minimum atomic E-state index is -4.07. The van der Waals surface area contributed by atoms with Crippen molar-refractivity contribution >= 4 is 39.5 Å². The van der Waals surface area contributed by atoms with Crippen LogP contribution in [0.4, 0.5) is 0 Å². The van der Waals surface area contributed by atoms with E-state index < -0.39 is 15.9 Å². The molecule has 9 heteroatoms. The molecule has 0 saturated heterocycles. The standard InChI is InChI=1S/C24H25NO5S3/c26-23(25-11-14-33(28,29)30)17-31-12-13-32-20-15-21(18-7-3-1-4-8-18)24(27)22(16-20)19-9-5-2-6-10-19/h1-10,15-16,27H,11-14,17H2,(H,25,26)(H,28,29,30). The van der Waals surface area contributed by atoms with E-state index in [1.807, 2.05) is 72.8 Å². The number of carbonyl (C=O) groups is 1. The van der Waals surface area contributed by atoms with Crippen molar-refractivity contribution in [3.05, 3.63) is 72.8 Å². The molecule has 3 rings (SSSR count). The van der Waals surface area contributed by atoms with Gasteiger partial charge in [0, 0.05) is 34.1 Å². The zero-order valence-electron chi connectivity index (χ0n) is 17.8. The van der Waals surface area contributed by atoms with Crippen molar-refractivity contribution < 1.29 is 22.9 Å². The fourth-order valence-corrected chi connectivity index (χ4v) is 5.36. The number of hydrogen-bond acceptors (Lipinski definition) is 6. The third-order valence-corrected chi connectivity index (χ3v) is 7.58. The Morgan fingerprint density at radius 1 is 0.879 bits per heavy atom. The number of carbonyl (C=O) groups excluding carboxylic acids is 1. The molecule has 3 N–H and O–H groups in total. The third-order valence-electron chi connectivity index (χ3n) is 4.66. The molecular formula is C24H25NO5S3. The molecule has 0 atom stereocenters. The molecule has 0 saturated carbocycles. The monoisotopic (exact) mass is 503 g/mol. The van der Waals surface area contributed by atoms with Crippen LogP contribution >= 0.6 is 23.5 Å². The first-order valence-electron chi connectivity index (χ1n) is 10.2. The average Bonchev–Trinajstić information content (AvgIpc) is 2.80. The highest BCUT2D eigenvalue weighted by molar-refractivity contribution is 8.03. The number of thioether (sulfide) groups is 2. The summed E-state index contributed by atoms with van der Waals surface area (Å²) in [5.74, 6) is 1.18. The number of amides is 1. The lowest BCUT2D eigenvalue weighted by Crippen LogP contribution is -2.30. The highest BCUT2D eigenvalue weighted by Crippen LogP contribution is 2.41. The molecule has 0 bridgehead atoms. The van der Waals surface area contributed by atoms with E-state index in [1.54, 1.807) is 11.8 Å². The van der Waals surface area contributed by atoms with Crippen molar-refractivity contribution in [1.82, 2.24) is 5.32 Å². The zero-order chi connectivity index (χ0) is 23.7. The zero-order valence-corrected chi connectivity index (χ0v) is 20.3. The summed E-state index contributed by atoms with van der Waals surface area (Å²) in [5.41, 5.74) is 3.41. The average molecular weight is 504 g/mol. The summed E-state index contributed by atoms with van der Waals surface area (Å²) in [5, 5.41) is 13.5. The van der Waals surface area contributed by atoms with Crippen LogP contribution in [0.1, 0.15) is 0 Å². The normalized spacial score (nSPS) is 11.3. The van der Waals surface area contributed by atoms with Crippen molar-refractivity contribution in [3.8, 4) is 28.0 Å². The van der Waals surface area contributed by atoms with Crippen LogP contribution in [0.15, 0.2) is 77.7 Å². The number of aromatic hydroxyl groups is 1. The largest absolute Gasteiger partial charge is 0.507 e. The third kappa shape index (κ3) is 8.12. The van der Waals surface area contributed by atoms with E-state index in [1.165, 1.54) is 11.8 Å². The first kappa shape index (κ1) is 25.2. The highest BCUT2D eigenvalue weighted by Gasteiger charge is 2.14. The van der Waals surface area contributed by atoms with Gasteiger partial charge in [-0.2, -0.15) is 20.2 Å². The van der Waals surface area contributed by atoms with Crippen LogP contribution in [0.3, 0.4) is 0 Å². The smallest absolute Gasteiger partial charge is 0.266 e. The fourth-order valence-electron chi connectivity index (χ4n) is 3.12. The van der Waals surface area contributed by atoms with Crippen molar-refractivity contribution in [2.24, 2.45) is 0 Å². The Morgan fingerprint density at radius 3 is 1.94 bits per heavy atom. The molecule has 0 spiro atoms. The molecule has 0 aliphatic heterocycles. The van der Waals surface area contributed by atoms with Crippen molar-refractivity contribution in [2.45, 2.75) is 4.90 Å². The van der Waals surface area contributed by atoms with Gasteiger partial charge < -0.3 is 10.4 Å². The van der Waals surface area contributed by atoms with Gasteiger partial charge in [0.1, 0.15) is 5.75 Å². The second kappa shape index (κ2) is 12.1. The maximum atomic E-state index is 11.8. The molecule has 33 heavy (non-hydrogen) atoms. The predicted octanol–water partition coefficient (Wildman–Crippen LogP) is 4.56. The minimum Gasteiger partial charge on any atom is -0.507 e. The van der Waals surface area contributed by atoms with E-state index in [4.69, 9.17) is 4.55 Å². The van der Waals surface area contributed by atoms with Crippen LogP contribution in [0, 0.1) is 0 Å². The lowest BCUT2D eigenvalue weighted by Gasteiger charge is -2.14. The first-order valence-corrected chi connectivity index (χ1v) is 14.0. The summed E-state index contributed by atoms with van der Waals surface area (Å²) < 4.78 is 30.0. The quantitative estimate of drug-likeness (QED) is 0.200. The molecule has 0 radical (unpaired) electrons. The van der Waals surface area contributed by atoms with Crippen LogP contribution in [0.5, 0.6) is 5.75 Å². The van der Waals surface area contributed by atoms with E-state index in [0.29, 0.717) is 0 Å². The number of benzene rings is 3.